The highest BCUT2D eigenvalue weighted by Crippen LogP contribution is 2.41. The number of nitrogens with zero attached hydrogens (tertiary/aromatic N) is 2. The highest BCUT2D eigenvalue weighted by molar-refractivity contribution is 5.67. The van der Waals surface area contributed by atoms with Gasteiger partial charge in [0, 0.05) is 32.2 Å². The summed E-state index contributed by atoms with van der Waals surface area (Å²) in [5, 5.41) is 10.4. The number of carbonyl (C=O) groups excluding carboxylic acids is 1. The van der Waals surface area contributed by atoms with Gasteiger partial charge in [0.05, 0.1) is 12.6 Å². The van der Waals surface area contributed by atoms with Crippen LogP contribution in [-0.2, 0) is 18.0 Å². The lowest BCUT2D eigenvalue weighted by Crippen LogP contribution is -2.39. The molecular formula is C37H46N2O6. The van der Waals surface area contributed by atoms with Crippen molar-refractivity contribution in [3.63, 3.8) is 0 Å². The van der Waals surface area contributed by atoms with Gasteiger partial charge in [-0.25, -0.2) is 4.79 Å². The number of hydrogen-bond acceptors (Lipinski definition) is 7. The first-order valence-corrected chi connectivity index (χ1v) is 15.7. The maximum absolute atomic E-state index is 12.6. The van der Waals surface area contributed by atoms with Gasteiger partial charge < -0.3 is 29.0 Å². The Kier molecular flexibility index (Phi) is 10.0. The van der Waals surface area contributed by atoms with Crippen LogP contribution in [0.25, 0.3) is 6.08 Å². The van der Waals surface area contributed by atoms with Crippen LogP contribution >= 0.6 is 0 Å². The second kappa shape index (κ2) is 14.0. The quantitative estimate of drug-likeness (QED) is 0.258. The summed E-state index contributed by atoms with van der Waals surface area (Å²) in [5.41, 5.74) is 5.85. The average Bonchev–Trinajstić information content (AvgIpc) is 3.46. The highest BCUT2D eigenvalue weighted by atomic mass is 16.7. The molecule has 3 aromatic carbocycles. The summed E-state index contributed by atoms with van der Waals surface area (Å²) in [4.78, 5) is 16.7. The second-order valence-corrected chi connectivity index (χ2v) is 13.0. The molecule has 0 spiro atoms. The van der Waals surface area contributed by atoms with Crippen LogP contribution in [0, 0.1) is 6.92 Å². The summed E-state index contributed by atoms with van der Waals surface area (Å²) in [6.07, 6.45) is 4.86. The van der Waals surface area contributed by atoms with E-state index in [1.165, 1.54) is 5.56 Å². The van der Waals surface area contributed by atoms with E-state index >= 15 is 0 Å². The molecular weight excluding hydrogens is 568 g/mol. The van der Waals surface area contributed by atoms with Crippen molar-refractivity contribution in [3.05, 3.63) is 94.1 Å². The van der Waals surface area contributed by atoms with Crippen molar-refractivity contribution < 1.29 is 28.8 Å². The van der Waals surface area contributed by atoms with Crippen molar-refractivity contribution in [1.29, 1.82) is 0 Å². The van der Waals surface area contributed by atoms with Crippen LogP contribution in [0.5, 0.6) is 17.2 Å². The molecule has 8 nitrogen and oxygen atoms in total. The lowest BCUT2D eigenvalue weighted by Gasteiger charge is -2.40. The second-order valence-electron chi connectivity index (χ2n) is 13.0. The lowest BCUT2D eigenvalue weighted by molar-refractivity contribution is 0.0290. The largest absolute Gasteiger partial charge is 0.489 e. The standard InChI is InChI=1S/C37H46N2O6/c1-25-17-34-35(44-24-43-34)19-28(25)13-14-32-31-18-29(22-40)33(42-23-27-11-8-7-9-12-27)20-30(31)26(2)21-39(32)16-10-15-38(6)36(41)45-37(3,4)5/h7-9,11-14,17-20,26,32,40H,10,15-16,21-24H2,1-6H3/b14-13+. The minimum atomic E-state index is -0.534. The predicted molar refractivity (Wildman–Crippen MR) is 176 cm³/mol. The monoisotopic (exact) mass is 614 g/mol. The third-order valence-electron chi connectivity index (χ3n) is 8.29. The summed E-state index contributed by atoms with van der Waals surface area (Å²) in [7, 11) is 1.78. The SMILES string of the molecule is Cc1cc2c(cc1/C=C/C1c3cc(CO)c(OCc4ccccc4)cc3C(C)CN1CCCN(C)C(=O)OC(C)(C)C)OCO2. The third-order valence-corrected chi connectivity index (χ3v) is 8.29. The zero-order valence-electron chi connectivity index (χ0n) is 27.3. The zero-order chi connectivity index (χ0) is 32.1. The van der Waals surface area contributed by atoms with Gasteiger partial charge in [-0.15, -0.1) is 0 Å². The number of rotatable bonds is 10. The topological polar surface area (TPSA) is 80.7 Å². The van der Waals surface area contributed by atoms with Crippen molar-refractivity contribution in [2.75, 3.05) is 33.5 Å². The van der Waals surface area contributed by atoms with Crippen LogP contribution in [0.15, 0.2) is 60.7 Å². The first-order valence-electron chi connectivity index (χ1n) is 15.7. The lowest BCUT2D eigenvalue weighted by atomic mass is 9.84. The van der Waals surface area contributed by atoms with Crippen LogP contribution in [0.2, 0.25) is 0 Å². The third kappa shape index (κ3) is 7.99. The number of amides is 1. The molecule has 0 radical (unpaired) electrons. The van der Waals surface area contributed by atoms with E-state index in [9.17, 15) is 9.90 Å². The molecule has 0 bridgehead atoms. The van der Waals surface area contributed by atoms with Gasteiger partial charge in [-0.1, -0.05) is 49.4 Å². The normalized spacial score (nSPS) is 17.8. The van der Waals surface area contributed by atoms with Gasteiger partial charge in [0.1, 0.15) is 18.0 Å². The van der Waals surface area contributed by atoms with Crippen LogP contribution in [0.3, 0.4) is 0 Å². The van der Waals surface area contributed by atoms with Crippen LogP contribution < -0.4 is 14.2 Å². The van der Waals surface area contributed by atoms with Crippen molar-refractivity contribution in [1.82, 2.24) is 9.80 Å². The average molecular weight is 615 g/mol. The molecule has 0 aromatic heterocycles. The Morgan fingerprint density at radius 2 is 1.82 bits per heavy atom. The smallest absolute Gasteiger partial charge is 0.410 e. The van der Waals surface area contributed by atoms with Crippen molar-refractivity contribution in [3.8, 4) is 17.2 Å². The summed E-state index contributed by atoms with van der Waals surface area (Å²) in [6, 6.07) is 18.3. The van der Waals surface area contributed by atoms with Gasteiger partial charge in [-0.05, 0) is 92.1 Å². The van der Waals surface area contributed by atoms with Crippen LogP contribution in [0.1, 0.15) is 79.5 Å². The molecule has 240 valence electrons. The van der Waals surface area contributed by atoms with E-state index in [2.05, 4.69) is 43.0 Å². The van der Waals surface area contributed by atoms with E-state index in [1.54, 1.807) is 11.9 Å². The van der Waals surface area contributed by atoms with Crippen molar-refractivity contribution >= 4 is 12.2 Å². The maximum atomic E-state index is 12.6. The minimum absolute atomic E-state index is 0.0404. The number of aliphatic hydroxyl groups is 1. The number of ether oxygens (including phenoxy) is 4. The molecule has 5 rings (SSSR count). The summed E-state index contributed by atoms with van der Waals surface area (Å²) in [5.74, 6) is 2.48. The summed E-state index contributed by atoms with van der Waals surface area (Å²) < 4.78 is 23.0. The molecule has 2 unspecified atom stereocenters. The Hall–Kier alpha value is -4.01. The highest BCUT2D eigenvalue weighted by Gasteiger charge is 2.31. The number of carbonyl (C=O) groups is 1. The van der Waals surface area contributed by atoms with Gasteiger partial charge in [0.2, 0.25) is 6.79 Å². The van der Waals surface area contributed by atoms with Crippen molar-refractivity contribution in [2.45, 2.75) is 71.8 Å². The molecule has 0 fully saturated rings. The zero-order valence-corrected chi connectivity index (χ0v) is 27.3. The van der Waals surface area contributed by atoms with Crippen LogP contribution in [0.4, 0.5) is 4.79 Å². The Morgan fingerprint density at radius 3 is 2.53 bits per heavy atom. The van der Waals surface area contributed by atoms with Crippen molar-refractivity contribution in [2.24, 2.45) is 0 Å². The van der Waals surface area contributed by atoms with Gasteiger partial charge in [0.15, 0.2) is 11.5 Å². The van der Waals surface area contributed by atoms with E-state index in [0.29, 0.717) is 18.9 Å². The van der Waals surface area contributed by atoms with E-state index in [-0.39, 0.29) is 31.5 Å². The number of benzene rings is 3. The fourth-order valence-electron chi connectivity index (χ4n) is 5.93. The molecule has 45 heavy (non-hydrogen) atoms. The number of aryl methyl sites for hydroxylation is 1. The Morgan fingerprint density at radius 1 is 1.09 bits per heavy atom. The number of hydrogen-bond donors (Lipinski definition) is 1. The van der Waals surface area contributed by atoms with E-state index in [1.807, 2.05) is 63.2 Å². The molecule has 1 amide bonds. The molecule has 0 saturated heterocycles. The molecule has 2 aliphatic heterocycles. The maximum Gasteiger partial charge on any atom is 0.410 e. The number of fused-ring (bicyclic) bond motifs is 2. The van der Waals surface area contributed by atoms with Gasteiger partial charge in [-0.3, -0.25) is 4.90 Å². The minimum Gasteiger partial charge on any atom is -0.489 e. The molecule has 2 aliphatic rings. The molecule has 8 heteroatoms. The Balaban J connectivity index is 1.42. The number of aliphatic hydroxyl groups excluding tert-OH is 1. The molecule has 0 aliphatic carbocycles. The fourth-order valence-corrected chi connectivity index (χ4v) is 5.93. The van der Waals surface area contributed by atoms with Gasteiger partial charge >= 0.3 is 6.09 Å². The first-order chi connectivity index (χ1) is 21.5. The Bertz CT molecular complexity index is 1510. The van der Waals surface area contributed by atoms with E-state index in [0.717, 1.165) is 58.8 Å². The fraction of sp³-hybridized carbons (Fsp3) is 0.432. The van der Waals surface area contributed by atoms with Crippen LogP contribution in [-0.4, -0.2) is 60.1 Å². The molecule has 0 saturated carbocycles. The summed E-state index contributed by atoms with van der Waals surface area (Å²) >= 11 is 0. The molecule has 3 aromatic rings. The van der Waals surface area contributed by atoms with E-state index < -0.39 is 5.60 Å². The Labute approximate surface area is 267 Å². The molecule has 2 heterocycles. The molecule has 1 N–H and O–H groups in total. The first kappa shape index (κ1) is 32.4. The van der Waals surface area contributed by atoms with Gasteiger partial charge in [0.25, 0.3) is 0 Å². The summed E-state index contributed by atoms with van der Waals surface area (Å²) in [6.45, 7) is 12.7. The van der Waals surface area contributed by atoms with Gasteiger partial charge in [-0.2, -0.15) is 0 Å². The van der Waals surface area contributed by atoms with E-state index in [4.69, 9.17) is 18.9 Å². The molecule has 2 atom stereocenters. The predicted octanol–water partition coefficient (Wildman–Crippen LogP) is 7.23.